The summed E-state index contributed by atoms with van der Waals surface area (Å²) in [6.07, 6.45) is 6.76. The molecule has 0 atom stereocenters. The summed E-state index contributed by atoms with van der Waals surface area (Å²) in [5.41, 5.74) is 0. The minimum atomic E-state index is -1.38. The Hall–Kier alpha value is 0.107. The lowest BCUT2D eigenvalue weighted by Crippen LogP contribution is -2.25. The van der Waals surface area contributed by atoms with Crippen LogP contribution in [0, 0.1) is 5.92 Å². The summed E-state index contributed by atoms with van der Waals surface area (Å²) < 4.78 is 11.8. The SMILES string of the molecule is F[SiH2]NCC1CCCCC1. The molecule has 0 aromatic rings. The molecule has 0 spiro atoms. The molecule has 1 aliphatic rings. The fraction of sp³-hybridized carbons (Fsp3) is 1.00. The van der Waals surface area contributed by atoms with Crippen LogP contribution >= 0.6 is 0 Å². The molecule has 1 aliphatic carbocycles. The van der Waals surface area contributed by atoms with Crippen molar-refractivity contribution in [3.63, 3.8) is 0 Å². The van der Waals surface area contributed by atoms with Crippen molar-refractivity contribution in [1.29, 1.82) is 0 Å². The summed E-state index contributed by atoms with van der Waals surface area (Å²) in [6.45, 7) is 0.947. The van der Waals surface area contributed by atoms with E-state index in [2.05, 4.69) is 4.98 Å². The van der Waals surface area contributed by atoms with Gasteiger partial charge in [0.1, 0.15) is 0 Å². The Labute approximate surface area is 64.5 Å². The van der Waals surface area contributed by atoms with Crippen LogP contribution in [0.4, 0.5) is 4.11 Å². The Morgan fingerprint density at radius 3 is 2.60 bits per heavy atom. The van der Waals surface area contributed by atoms with Crippen LogP contribution in [0.25, 0.3) is 0 Å². The lowest BCUT2D eigenvalue weighted by Gasteiger charge is -2.20. The van der Waals surface area contributed by atoms with Crippen LogP contribution in [0.3, 0.4) is 0 Å². The Bertz CT molecular complexity index is 83.7. The second kappa shape index (κ2) is 4.85. The van der Waals surface area contributed by atoms with Crippen LogP contribution in [-0.4, -0.2) is 16.6 Å². The Morgan fingerprint density at radius 1 is 1.30 bits per heavy atom. The van der Waals surface area contributed by atoms with Crippen molar-refractivity contribution in [3.8, 4) is 0 Å². The molecule has 1 nitrogen and oxygen atoms in total. The third-order valence-corrected chi connectivity index (χ3v) is 2.73. The summed E-state index contributed by atoms with van der Waals surface area (Å²) in [4.78, 5) is 2.89. The van der Waals surface area contributed by atoms with Crippen LogP contribution < -0.4 is 4.98 Å². The molecule has 60 valence electrons. The molecule has 3 heteroatoms. The van der Waals surface area contributed by atoms with Crippen molar-refractivity contribution in [2.24, 2.45) is 5.92 Å². The number of halogens is 1. The number of nitrogens with one attached hydrogen (secondary N) is 1. The molecule has 10 heavy (non-hydrogen) atoms. The fourth-order valence-electron chi connectivity index (χ4n) is 1.65. The van der Waals surface area contributed by atoms with Crippen LogP contribution in [0.15, 0.2) is 0 Å². The van der Waals surface area contributed by atoms with E-state index in [4.69, 9.17) is 0 Å². The summed E-state index contributed by atoms with van der Waals surface area (Å²) in [7, 11) is -1.38. The highest BCUT2D eigenvalue weighted by Crippen LogP contribution is 2.22. The molecule has 0 amide bonds. The van der Waals surface area contributed by atoms with Gasteiger partial charge in [0.05, 0.1) is 0 Å². The van der Waals surface area contributed by atoms with Gasteiger partial charge in [0.15, 0.2) is 0 Å². The Kier molecular flexibility index (Phi) is 3.98. The first-order chi connectivity index (χ1) is 4.93. The molecule has 1 N–H and O–H groups in total. The van der Waals surface area contributed by atoms with Crippen molar-refractivity contribution in [3.05, 3.63) is 0 Å². The van der Waals surface area contributed by atoms with E-state index in [-0.39, 0.29) is 0 Å². The average molecular weight is 161 g/mol. The van der Waals surface area contributed by atoms with Gasteiger partial charge in [-0.15, -0.1) is 0 Å². The molecule has 0 saturated heterocycles. The van der Waals surface area contributed by atoms with Crippen molar-refractivity contribution in [1.82, 2.24) is 4.98 Å². The van der Waals surface area contributed by atoms with E-state index in [1.54, 1.807) is 0 Å². The van der Waals surface area contributed by atoms with Gasteiger partial charge in [0.2, 0.25) is 0 Å². The topological polar surface area (TPSA) is 12.0 Å². The minimum Gasteiger partial charge on any atom is -0.317 e. The van der Waals surface area contributed by atoms with Gasteiger partial charge in [-0.05, 0) is 25.3 Å². The van der Waals surface area contributed by atoms with Gasteiger partial charge in [-0.2, -0.15) is 0 Å². The summed E-state index contributed by atoms with van der Waals surface area (Å²) in [5.74, 6) is 0.789. The highest BCUT2D eigenvalue weighted by atomic mass is 28.3. The highest BCUT2D eigenvalue weighted by Gasteiger charge is 2.11. The molecule has 0 aromatic heterocycles. The minimum absolute atomic E-state index is 0.789. The van der Waals surface area contributed by atoms with E-state index in [9.17, 15) is 4.11 Å². The molecule has 1 rings (SSSR count). The van der Waals surface area contributed by atoms with E-state index in [0.29, 0.717) is 0 Å². The molecule has 0 unspecified atom stereocenters. The average Bonchev–Trinajstić information content (AvgIpc) is 2.03. The third kappa shape index (κ3) is 2.79. The van der Waals surface area contributed by atoms with Crippen molar-refractivity contribution < 1.29 is 4.11 Å². The highest BCUT2D eigenvalue weighted by molar-refractivity contribution is 6.22. The normalized spacial score (nSPS) is 22.5. The monoisotopic (exact) mass is 161 g/mol. The lowest BCUT2D eigenvalue weighted by atomic mass is 9.90. The lowest BCUT2D eigenvalue weighted by molar-refractivity contribution is 0.357. The number of hydrogen-bond acceptors (Lipinski definition) is 1. The van der Waals surface area contributed by atoms with Crippen LogP contribution in [0.2, 0.25) is 0 Å². The molecule has 1 saturated carbocycles. The maximum absolute atomic E-state index is 11.8. The fourth-order valence-corrected chi connectivity index (χ4v) is 2.17. The molecular weight excluding hydrogens is 145 g/mol. The summed E-state index contributed by atoms with van der Waals surface area (Å²) >= 11 is 0. The van der Waals surface area contributed by atoms with Gasteiger partial charge < -0.3 is 9.09 Å². The quantitative estimate of drug-likeness (QED) is 0.483. The Balaban J connectivity index is 2.02. The molecular formula is C7H16FNSi. The molecule has 0 heterocycles. The second-order valence-corrected chi connectivity index (χ2v) is 3.86. The first-order valence-electron chi connectivity index (χ1n) is 4.20. The van der Waals surface area contributed by atoms with Gasteiger partial charge in [0, 0.05) is 0 Å². The standard InChI is InChI=1S/C7H16FNSi/c8-10-9-6-7-4-2-1-3-5-7/h7,9H,1-6,10H2. The summed E-state index contributed by atoms with van der Waals surface area (Å²) in [6, 6.07) is 0. The molecule has 0 bridgehead atoms. The third-order valence-electron chi connectivity index (χ3n) is 2.25. The maximum Gasteiger partial charge on any atom is 0.289 e. The van der Waals surface area contributed by atoms with Crippen molar-refractivity contribution in [2.45, 2.75) is 32.1 Å². The van der Waals surface area contributed by atoms with E-state index in [0.717, 1.165) is 12.5 Å². The number of hydrogen-bond donors (Lipinski definition) is 1. The maximum atomic E-state index is 11.8. The van der Waals surface area contributed by atoms with Gasteiger partial charge in [-0.3, -0.25) is 0 Å². The smallest absolute Gasteiger partial charge is 0.289 e. The zero-order chi connectivity index (χ0) is 7.23. The molecule has 0 aromatic carbocycles. The molecule has 1 fully saturated rings. The predicted molar refractivity (Wildman–Crippen MR) is 44.2 cm³/mol. The van der Waals surface area contributed by atoms with E-state index >= 15 is 0 Å². The van der Waals surface area contributed by atoms with Crippen LogP contribution in [0.5, 0.6) is 0 Å². The largest absolute Gasteiger partial charge is 0.317 e. The van der Waals surface area contributed by atoms with Crippen LogP contribution in [0.1, 0.15) is 32.1 Å². The summed E-state index contributed by atoms with van der Waals surface area (Å²) in [5, 5.41) is 0. The van der Waals surface area contributed by atoms with E-state index < -0.39 is 10.0 Å². The second-order valence-electron chi connectivity index (χ2n) is 3.09. The van der Waals surface area contributed by atoms with Gasteiger partial charge >= 0.3 is 0 Å². The van der Waals surface area contributed by atoms with Crippen LogP contribution in [-0.2, 0) is 0 Å². The van der Waals surface area contributed by atoms with Gasteiger partial charge in [0.25, 0.3) is 10.0 Å². The Morgan fingerprint density at radius 2 is 2.00 bits per heavy atom. The van der Waals surface area contributed by atoms with Gasteiger partial charge in [-0.25, -0.2) is 0 Å². The van der Waals surface area contributed by atoms with Crippen molar-refractivity contribution >= 4 is 10.0 Å². The van der Waals surface area contributed by atoms with Gasteiger partial charge in [-0.1, -0.05) is 19.3 Å². The first kappa shape index (κ1) is 8.21. The molecule has 0 aliphatic heterocycles. The van der Waals surface area contributed by atoms with E-state index in [1.165, 1.54) is 32.1 Å². The number of rotatable bonds is 3. The zero-order valence-electron chi connectivity index (χ0n) is 6.41. The van der Waals surface area contributed by atoms with Crippen molar-refractivity contribution in [2.75, 3.05) is 6.54 Å². The predicted octanol–water partition coefficient (Wildman–Crippen LogP) is 1.12. The first-order valence-corrected chi connectivity index (χ1v) is 5.44. The zero-order valence-corrected chi connectivity index (χ0v) is 7.82. The van der Waals surface area contributed by atoms with E-state index in [1.807, 2.05) is 0 Å². The molecule has 0 radical (unpaired) electrons.